The Labute approximate surface area is 98.3 Å². The molecule has 0 radical (unpaired) electrons. The normalized spacial score (nSPS) is 12.5. The van der Waals surface area contributed by atoms with Crippen LogP contribution in [-0.2, 0) is 0 Å². The molecule has 0 aromatic carbocycles. The molecule has 3 nitrogen and oxygen atoms in total. The van der Waals surface area contributed by atoms with Crippen LogP contribution in [0.4, 0.5) is 0 Å². The maximum absolute atomic E-state index is 11.8. The van der Waals surface area contributed by atoms with Gasteiger partial charge >= 0.3 is 0 Å². The highest BCUT2D eigenvalue weighted by Crippen LogP contribution is 2.23. The van der Waals surface area contributed by atoms with Crippen LogP contribution < -0.4 is 0 Å². The van der Waals surface area contributed by atoms with Crippen molar-refractivity contribution in [2.75, 3.05) is 13.6 Å². The van der Waals surface area contributed by atoms with Crippen molar-refractivity contribution in [3.63, 3.8) is 0 Å². The van der Waals surface area contributed by atoms with Crippen LogP contribution in [0.25, 0.3) is 0 Å². The van der Waals surface area contributed by atoms with Gasteiger partial charge in [0.25, 0.3) is 5.91 Å². The summed E-state index contributed by atoms with van der Waals surface area (Å²) in [6.45, 7) is 2.24. The van der Waals surface area contributed by atoms with E-state index in [1.807, 2.05) is 0 Å². The number of aliphatic hydroxyl groups is 1. The van der Waals surface area contributed by atoms with E-state index in [0.29, 0.717) is 22.9 Å². The molecule has 1 heterocycles. The Kier molecular flexibility index (Phi) is 4.57. The monoisotopic (exact) mass is 247 g/mol. The highest BCUT2D eigenvalue weighted by atomic mass is 35.5. The van der Waals surface area contributed by atoms with Crippen molar-refractivity contribution in [3.05, 3.63) is 21.3 Å². The van der Waals surface area contributed by atoms with Gasteiger partial charge in [-0.2, -0.15) is 0 Å². The Morgan fingerprint density at radius 1 is 1.73 bits per heavy atom. The van der Waals surface area contributed by atoms with Gasteiger partial charge in [-0.25, -0.2) is 0 Å². The highest BCUT2D eigenvalue weighted by molar-refractivity contribution is 7.12. The summed E-state index contributed by atoms with van der Waals surface area (Å²) in [6, 6.07) is 1.71. The Morgan fingerprint density at radius 3 is 2.87 bits per heavy atom. The van der Waals surface area contributed by atoms with Crippen LogP contribution in [0.15, 0.2) is 11.4 Å². The van der Waals surface area contributed by atoms with Crippen LogP contribution >= 0.6 is 22.9 Å². The van der Waals surface area contributed by atoms with Crippen molar-refractivity contribution in [2.45, 2.75) is 19.4 Å². The molecule has 0 aliphatic rings. The fraction of sp³-hybridized carbons (Fsp3) is 0.500. The number of hydrogen-bond donors (Lipinski definition) is 1. The van der Waals surface area contributed by atoms with Gasteiger partial charge in [0.1, 0.15) is 4.88 Å². The van der Waals surface area contributed by atoms with E-state index < -0.39 is 0 Å². The molecule has 1 aromatic heterocycles. The summed E-state index contributed by atoms with van der Waals surface area (Å²) in [6.07, 6.45) is 0.185. The smallest absolute Gasteiger partial charge is 0.265 e. The largest absolute Gasteiger partial charge is 0.393 e. The van der Waals surface area contributed by atoms with E-state index in [-0.39, 0.29) is 12.0 Å². The number of thiophene rings is 1. The fourth-order valence-corrected chi connectivity index (χ4v) is 2.23. The maximum atomic E-state index is 11.8. The molecule has 0 saturated carbocycles. The number of amides is 1. The van der Waals surface area contributed by atoms with Gasteiger partial charge in [-0.05, 0) is 24.8 Å². The average molecular weight is 248 g/mol. The van der Waals surface area contributed by atoms with Crippen LogP contribution in [0, 0.1) is 0 Å². The second-order valence-electron chi connectivity index (χ2n) is 3.46. The first-order valence-corrected chi connectivity index (χ1v) is 5.94. The molecule has 0 aliphatic heterocycles. The van der Waals surface area contributed by atoms with Crippen LogP contribution in [0.2, 0.25) is 5.02 Å². The summed E-state index contributed by atoms with van der Waals surface area (Å²) in [4.78, 5) is 13.9. The van der Waals surface area contributed by atoms with Crippen molar-refractivity contribution >= 4 is 28.8 Å². The van der Waals surface area contributed by atoms with Crippen LogP contribution in [0.1, 0.15) is 23.0 Å². The lowest BCUT2D eigenvalue weighted by Crippen LogP contribution is -2.28. The molecule has 0 aliphatic carbocycles. The van der Waals surface area contributed by atoms with E-state index in [1.165, 1.54) is 11.3 Å². The minimum absolute atomic E-state index is 0.0874. The maximum Gasteiger partial charge on any atom is 0.265 e. The Balaban J connectivity index is 2.57. The van der Waals surface area contributed by atoms with Crippen LogP contribution in [0.3, 0.4) is 0 Å². The number of carbonyl (C=O) groups excluding carboxylic acids is 1. The van der Waals surface area contributed by atoms with Gasteiger partial charge in [0.2, 0.25) is 0 Å². The van der Waals surface area contributed by atoms with Crippen molar-refractivity contribution < 1.29 is 9.90 Å². The van der Waals surface area contributed by atoms with E-state index in [1.54, 1.807) is 30.3 Å². The second kappa shape index (κ2) is 5.49. The third kappa shape index (κ3) is 3.48. The summed E-state index contributed by atoms with van der Waals surface area (Å²) < 4.78 is 0. The average Bonchev–Trinajstić information content (AvgIpc) is 2.59. The lowest BCUT2D eigenvalue weighted by atomic mass is 10.2. The zero-order chi connectivity index (χ0) is 11.4. The Hall–Kier alpha value is -0.580. The number of carbonyl (C=O) groups is 1. The number of rotatable bonds is 4. The molecule has 84 valence electrons. The summed E-state index contributed by atoms with van der Waals surface area (Å²) in [7, 11) is 1.71. The molecule has 0 saturated heterocycles. The molecule has 1 N–H and O–H groups in total. The number of halogens is 1. The van der Waals surface area contributed by atoms with Gasteiger partial charge in [0.15, 0.2) is 0 Å². The number of nitrogens with zero attached hydrogens (tertiary/aromatic N) is 1. The first-order chi connectivity index (χ1) is 7.02. The van der Waals surface area contributed by atoms with Crippen LogP contribution in [-0.4, -0.2) is 35.6 Å². The summed E-state index contributed by atoms with van der Waals surface area (Å²) >= 11 is 7.19. The van der Waals surface area contributed by atoms with E-state index >= 15 is 0 Å². The summed E-state index contributed by atoms with van der Waals surface area (Å²) in [5.41, 5.74) is 0. The molecule has 1 atom stereocenters. The molecule has 1 unspecified atom stereocenters. The summed E-state index contributed by atoms with van der Waals surface area (Å²) in [5.74, 6) is -0.0874. The lowest BCUT2D eigenvalue weighted by molar-refractivity contribution is 0.0774. The molecule has 0 fully saturated rings. The predicted molar refractivity (Wildman–Crippen MR) is 62.6 cm³/mol. The van der Waals surface area contributed by atoms with Crippen LogP contribution in [0.5, 0.6) is 0 Å². The van der Waals surface area contributed by atoms with Gasteiger partial charge in [0, 0.05) is 13.6 Å². The number of aliphatic hydroxyl groups excluding tert-OH is 1. The minimum atomic E-state index is -0.390. The SMILES string of the molecule is CC(O)CCN(C)C(=O)c1sccc1Cl. The van der Waals surface area contributed by atoms with E-state index in [4.69, 9.17) is 16.7 Å². The van der Waals surface area contributed by atoms with Crippen molar-refractivity contribution in [2.24, 2.45) is 0 Å². The molecule has 1 aromatic rings. The quantitative estimate of drug-likeness (QED) is 0.887. The molecular weight excluding hydrogens is 234 g/mol. The zero-order valence-electron chi connectivity index (χ0n) is 8.74. The van der Waals surface area contributed by atoms with Gasteiger partial charge in [-0.15, -0.1) is 11.3 Å². The predicted octanol–water partition coefficient (Wildman–Crippen LogP) is 2.24. The van der Waals surface area contributed by atoms with Crippen molar-refractivity contribution in [1.29, 1.82) is 0 Å². The number of hydrogen-bond acceptors (Lipinski definition) is 3. The molecule has 1 amide bonds. The third-order valence-electron chi connectivity index (χ3n) is 2.04. The molecular formula is C10H14ClNO2S. The Morgan fingerprint density at radius 2 is 2.40 bits per heavy atom. The fourth-order valence-electron chi connectivity index (χ4n) is 1.10. The lowest BCUT2D eigenvalue weighted by Gasteiger charge is -2.17. The summed E-state index contributed by atoms with van der Waals surface area (Å²) in [5, 5.41) is 11.4. The topological polar surface area (TPSA) is 40.5 Å². The second-order valence-corrected chi connectivity index (χ2v) is 4.79. The van der Waals surface area contributed by atoms with Gasteiger partial charge < -0.3 is 10.0 Å². The van der Waals surface area contributed by atoms with Gasteiger partial charge in [0.05, 0.1) is 11.1 Å². The zero-order valence-corrected chi connectivity index (χ0v) is 10.3. The third-order valence-corrected chi connectivity index (χ3v) is 3.37. The van der Waals surface area contributed by atoms with Gasteiger partial charge in [-0.3, -0.25) is 4.79 Å². The van der Waals surface area contributed by atoms with Crippen molar-refractivity contribution in [3.8, 4) is 0 Å². The van der Waals surface area contributed by atoms with Gasteiger partial charge in [-0.1, -0.05) is 11.6 Å². The van der Waals surface area contributed by atoms with E-state index in [0.717, 1.165) is 0 Å². The Bertz CT molecular complexity index is 338. The standard InChI is InChI=1S/C10H14ClNO2S/c1-7(13)3-5-12(2)10(14)9-8(11)4-6-15-9/h4,6-7,13H,3,5H2,1-2H3. The highest BCUT2D eigenvalue weighted by Gasteiger charge is 2.16. The molecule has 1 rings (SSSR count). The first-order valence-electron chi connectivity index (χ1n) is 4.69. The van der Waals surface area contributed by atoms with E-state index in [2.05, 4.69) is 0 Å². The first kappa shape index (κ1) is 12.5. The molecule has 15 heavy (non-hydrogen) atoms. The van der Waals surface area contributed by atoms with Crippen molar-refractivity contribution in [1.82, 2.24) is 4.90 Å². The van der Waals surface area contributed by atoms with E-state index in [9.17, 15) is 4.79 Å². The molecule has 0 spiro atoms. The molecule has 0 bridgehead atoms. The molecule has 5 heteroatoms. The minimum Gasteiger partial charge on any atom is -0.393 e.